The van der Waals surface area contributed by atoms with Gasteiger partial charge in [-0.25, -0.2) is 4.39 Å². The van der Waals surface area contributed by atoms with Crippen molar-refractivity contribution in [3.8, 4) is 6.07 Å². The summed E-state index contributed by atoms with van der Waals surface area (Å²) in [6, 6.07) is 9.95. The molecular formula is C21H24FN5O. The molecule has 3 heterocycles. The molecule has 1 N–H and O–H groups in total. The van der Waals surface area contributed by atoms with Crippen molar-refractivity contribution in [1.29, 1.82) is 5.26 Å². The average molecular weight is 381 g/mol. The number of aromatic nitrogens is 1. The molecule has 0 radical (unpaired) electrons. The van der Waals surface area contributed by atoms with Gasteiger partial charge in [0.2, 0.25) is 5.91 Å². The minimum Gasteiger partial charge on any atom is -0.382 e. The van der Waals surface area contributed by atoms with E-state index in [-0.39, 0.29) is 25.4 Å². The number of pyridine rings is 1. The van der Waals surface area contributed by atoms with Crippen molar-refractivity contribution in [2.75, 3.05) is 31.5 Å². The van der Waals surface area contributed by atoms with Gasteiger partial charge in [0.1, 0.15) is 12.2 Å². The van der Waals surface area contributed by atoms with Crippen LogP contribution < -0.4 is 5.32 Å². The molecule has 2 atom stereocenters. The van der Waals surface area contributed by atoms with Crippen LogP contribution in [0.5, 0.6) is 0 Å². The zero-order valence-electron chi connectivity index (χ0n) is 15.7. The fraction of sp³-hybridized carbons (Fsp3) is 0.476. The van der Waals surface area contributed by atoms with Crippen LogP contribution >= 0.6 is 0 Å². The third-order valence-corrected chi connectivity index (χ3v) is 5.71. The normalized spacial score (nSPS) is 23.6. The van der Waals surface area contributed by atoms with E-state index in [0.717, 1.165) is 42.4 Å². The molecule has 2 aromatic rings. The Morgan fingerprint density at radius 3 is 2.93 bits per heavy atom. The number of rotatable bonds is 4. The SMILES string of the molecule is N#C[C@@H]1C[C@H](F)CN1C(=O)CN1CCC(Nc2cccc3cnccc23)CC1. The third-order valence-electron chi connectivity index (χ3n) is 5.71. The standard InChI is InChI=1S/C21H24FN5O/c22-16-10-18(11-23)27(13-16)21(28)14-26-8-5-17(6-9-26)25-20-3-1-2-15-12-24-7-4-19(15)20/h1-4,7,12,16-18,25H,5-6,8-10,13-14H2/t16-,18-/m0/s1. The summed E-state index contributed by atoms with van der Waals surface area (Å²) in [5, 5.41) is 15.0. The molecule has 1 amide bonds. The van der Waals surface area contributed by atoms with E-state index in [9.17, 15) is 9.18 Å². The first-order valence-corrected chi connectivity index (χ1v) is 9.79. The molecule has 2 aliphatic heterocycles. The molecule has 2 fully saturated rings. The summed E-state index contributed by atoms with van der Waals surface area (Å²) in [5.41, 5.74) is 1.11. The van der Waals surface area contributed by atoms with Gasteiger partial charge in [-0.05, 0) is 25.0 Å². The summed E-state index contributed by atoms with van der Waals surface area (Å²) in [6.45, 7) is 1.92. The summed E-state index contributed by atoms with van der Waals surface area (Å²) in [4.78, 5) is 20.2. The number of benzene rings is 1. The molecule has 1 aromatic carbocycles. The number of halogens is 1. The molecule has 0 aliphatic carbocycles. The maximum absolute atomic E-state index is 13.5. The minimum absolute atomic E-state index is 0.0466. The third kappa shape index (κ3) is 3.92. The lowest BCUT2D eigenvalue weighted by molar-refractivity contribution is -0.132. The molecule has 2 aliphatic rings. The van der Waals surface area contributed by atoms with Crippen molar-refractivity contribution < 1.29 is 9.18 Å². The number of piperidine rings is 1. The lowest BCUT2D eigenvalue weighted by Crippen LogP contribution is -2.46. The topological polar surface area (TPSA) is 72.3 Å². The molecule has 1 aromatic heterocycles. The first kappa shape index (κ1) is 18.6. The predicted octanol–water partition coefficient (Wildman–Crippen LogP) is 2.57. The zero-order valence-corrected chi connectivity index (χ0v) is 15.7. The lowest BCUT2D eigenvalue weighted by atomic mass is 10.0. The smallest absolute Gasteiger partial charge is 0.237 e. The summed E-state index contributed by atoms with van der Waals surface area (Å²) in [5.74, 6) is -0.139. The van der Waals surface area contributed by atoms with Gasteiger partial charge in [-0.2, -0.15) is 5.26 Å². The second kappa shape index (κ2) is 8.11. The van der Waals surface area contributed by atoms with Gasteiger partial charge in [-0.15, -0.1) is 0 Å². The van der Waals surface area contributed by atoms with Crippen LogP contribution in [0.25, 0.3) is 10.8 Å². The van der Waals surface area contributed by atoms with Crippen LogP contribution in [-0.2, 0) is 4.79 Å². The van der Waals surface area contributed by atoms with E-state index >= 15 is 0 Å². The fourth-order valence-electron chi connectivity index (χ4n) is 4.17. The first-order chi connectivity index (χ1) is 13.6. The number of carbonyl (C=O) groups is 1. The van der Waals surface area contributed by atoms with E-state index in [1.165, 1.54) is 4.90 Å². The van der Waals surface area contributed by atoms with Gasteiger partial charge < -0.3 is 10.2 Å². The number of nitriles is 1. The summed E-state index contributed by atoms with van der Waals surface area (Å²) in [6.07, 6.45) is 4.58. The molecule has 0 spiro atoms. The van der Waals surface area contributed by atoms with E-state index in [4.69, 9.17) is 5.26 Å². The number of hydrogen-bond acceptors (Lipinski definition) is 5. The van der Waals surface area contributed by atoms with Crippen molar-refractivity contribution in [1.82, 2.24) is 14.8 Å². The summed E-state index contributed by atoms with van der Waals surface area (Å²) >= 11 is 0. The average Bonchev–Trinajstić information content (AvgIpc) is 3.11. The summed E-state index contributed by atoms with van der Waals surface area (Å²) < 4.78 is 13.5. The minimum atomic E-state index is -1.08. The Bertz CT molecular complexity index is 884. The monoisotopic (exact) mass is 381 g/mol. The number of fused-ring (bicyclic) bond motifs is 1. The van der Waals surface area contributed by atoms with Crippen molar-refractivity contribution >= 4 is 22.4 Å². The maximum atomic E-state index is 13.5. The van der Waals surface area contributed by atoms with Crippen molar-refractivity contribution in [2.45, 2.75) is 37.5 Å². The molecule has 0 saturated carbocycles. The van der Waals surface area contributed by atoms with Crippen LogP contribution in [0.1, 0.15) is 19.3 Å². The number of likely N-dealkylation sites (tertiary alicyclic amines) is 2. The number of amides is 1. The van der Waals surface area contributed by atoms with Crippen molar-refractivity contribution in [3.63, 3.8) is 0 Å². The Morgan fingerprint density at radius 1 is 1.32 bits per heavy atom. The quantitative estimate of drug-likeness (QED) is 0.881. The molecule has 28 heavy (non-hydrogen) atoms. The second-order valence-corrected chi connectivity index (χ2v) is 7.62. The number of nitrogens with zero attached hydrogens (tertiary/aromatic N) is 4. The van der Waals surface area contributed by atoms with Crippen molar-refractivity contribution in [2.24, 2.45) is 0 Å². The number of alkyl halides is 1. The van der Waals surface area contributed by atoms with Gasteiger partial charge in [-0.1, -0.05) is 12.1 Å². The van der Waals surface area contributed by atoms with Crippen LogP contribution in [0, 0.1) is 11.3 Å². The van der Waals surface area contributed by atoms with E-state index in [2.05, 4.69) is 27.3 Å². The fourth-order valence-corrected chi connectivity index (χ4v) is 4.17. The van der Waals surface area contributed by atoms with Crippen LogP contribution in [0.15, 0.2) is 36.7 Å². The number of anilines is 1. The molecule has 7 heteroatoms. The van der Waals surface area contributed by atoms with Gasteiger partial charge in [0, 0.05) is 54.4 Å². The highest BCUT2D eigenvalue weighted by Crippen LogP contribution is 2.25. The van der Waals surface area contributed by atoms with Gasteiger partial charge in [0.25, 0.3) is 0 Å². The zero-order chi connectivity index (χ0) is 19.5. The Kier molecular flexibility index (Phi) is 5.40. The van der Waals surface area contributed by atoms with Crippen molar-refractivity contribution in [3.05, 3.63) is 36.7 Å². The van der Waals surface area contributed by atoms with Gasteiger partial charge in [0.05, 0.1) is 19.2 Å². The van der Waals surface area contributed by atoms with E-state index in [1.54, 1.807) is 6.20 Å². The molecule has 146 valence electrons. The largest absolute Gasteiger partial charge is 0.382 e. The highest BCUT2D eigenvalue weighted by Gasteiger charge is 2.36. The van der Waals surface area contributed by atoms with E-state index < -0.39 is 12.2 Å². The van der Waals surface area contributed by atoms with Gasteiger partial charge >= 0.3 is 0 Å². The molecular weight excluding hydrogens is 357 g/mol. The number of nitrogens with one attached hydrogen (secondary N) is 1. The number of carbonyl (C=O) groups excluding carboxylic acids is 1. The van der Waals surface area contributed by atoms with Crippen LogP contribution in [0.2, 0.25) is 0 Å². The van der Waals surface area contributed by atoms with Gasteiger partial charge in [-0.3, -0.25) is 14.7 Å². The number of hydrogen-bond donors (Lipinski definition) is 1. The molecule has 0 bridgehead atoms. The predicted molar refractivity (Wildman–Crippen MR) is 105 cm³/mol. The highest BCUT2D eigenvalue weighted by molar-refractivity contribution is 5.93. The Morgan fingerprint density at radius 2 is 2.14 bits per heavy atom. The second-order valence-electron chi connectivity index (χ2n) is 7.62. The molecule has 0 unspecified atom stereocenters. The van der Waals surface area contributed by atoms with E-state index in [1.807, 2.05) is 24.4 Å². The van der Waals surface area contributed by atoms with Crippen LogP contribution in [-0.4, -0.2) is 65.1 Å². The molecule has 6 nitrogen and oxygen atoms in total. The van der Waals surface area contributed by atoms with Gasteiger partial charge in [0.15, 0.2) is 0 Å². The highest BCUT2D eigenvalue weighted by atomic mass is 19.1. The maximum Gasteiger partial charge on any atom is 0.237 e. The Labute approximate surface area is 163 Å². The summed E-state index contributed by atoms with van der Waals surface area (Å²) in [7, 11) is 0. The Hall–Kier alpha value is -2.72. The lowest BCUT2D eigenvalue weighted by Gasteiger charge is -2.33. The molecule has 2 saturated heterocycles. The Balaban J connectivity index is 1.31. The van der Waals surface area contributed by atoms with E-state index in [0.29, 0.717) is 6.04 Å². The molecule has 4 rings (SSSR count). The van der Waals surface area contributed by atoms with Crippen LogP contribution in [0.3, 0.4) is 0 Å². The first-order valence-electron chi connectivity index (χ1n) is 9.79. The van der Waals surface area contributed by atoms with Crippen LogP contribution in [0.4, 0.5) is 10.1 Å².